The Kier molecular flexibility index (Phi) is 11.2. The number of carbonyl (C=O) groups excluding carboxylic acids is 3. The van der Waals surface area contributed by atoms with Crippen LogP contribution in [0.15, 0.2) is 28.7 Å². The van der Waals surface area contributed by atoms with Gasteiger partial charge >= 0.3 is 31.4 Å². The topological polar surface area (TPSA) is 153 Å². The van der Waals surface area contributed by atoms with Crippen molar-refractivity contribution >= 4 is 31.6 Å². The van der Waals surface area contributed by atoms with E-state index >= 15 is 0 Å². The van der Waals surface area contributed by atoms with Crippen LogP contribution in [0.3, 0.4) is 0 Å². The smallest absolute Gasteiger partial charge is 0.425 e. The molecule has 0 aromatic carbocycles. The first-order valence-corrected chi connectivity index (χ1v) is 13.0. The maximum atomic E-state index is 12.8. The predicted molar refractivity (Wildman–Crippen MR) is 135 cm³/mol. The molecule has 0 atom stereocenters. The van der Waals surface area contributed by atoms with Gasteiger partial charge in [-0.15, -0.1) is 0 Å². The summed E-state index contributed by atoms with van der Waals surface area (Å²) < 4.78 is 38.9. The van der Waals surface area contributed by atoms with Crippen LogP contribution >= 0.6 is 7.60 Å². The number of carbonyl (C=O) groups is 3. The minimum absolute atomic E-state index is 0.105. The zero-order chi connectivity index (χ0) is 28.6. The van der Waals surface area contributed by atoms with Crippen molar-refractivity contribution in [2.45, 2.75) is 66.2 Å². The summed E-state index contributed by atoms with van der Waals surface area (Å²) >= 11 is 0. The number of aromatic nitrogens is 2. The van der Waals surface area contributed by atoms with Crippen LogP contribution in [0, 0.1) is 0 Å². The highest BCUT2D eigenvalue weighted by molar-refractivity contribution is 7.54. The van der Waals surface area contributed by atoms with E-state index in [1.807, 2.05) is 0 Å². The standard InChI is InChI=1S/C23H36N3O10P/c1-16(27)34-15-17(11-13-37(31,32-8)33-9)14-25-12-10-18(24-19(25)28)26(20(29)35-22(2,3)4)21(30)36-23(5,6)7/h10-12H,13-15H2,1-9H3/b17-11-. The zero-order valence-electron chi connectivity index (χ0n) is 22.7. The van der Waals surface area contributed by atoms with E-state index in [4.69, 9.17) is 23.3 Å². The number of hydrogen-bond acceptors (Lipinski definition) is 11. The Bertz CT molecular complexity index is 1080. The van der Waals surface area contributed by atoms with E-state index in [1.54, 1.807) is 41.5 Å². The fourth-order valence-electron chi connectivity index (χ4n) is 2.59. The van der Waals surface area contributed by atoms with E-state index in [1.165, 1.54) is 39.5 Å². The Morgan fingerprint density at radius 3 is 1.95 bits per heavy atom. The van der Waals surface area contributed by atoms with E-state index in [0.29, 0.717) is 10.5 Å². The van der Waals surface area contributed by atoms with Crippen LogP contribution in [0.1, 0.15) is 48.5 Å². The maximum Gasteiger partial charge on any atom is 0.425 e. The van der Waals surface area contributed by atoms with Gasteiger partial charge in [-0.05, 0) is 53.2 Å². The van der Waals surface area contributed by atoms with Crippen LogP contribution in [0.25, 0.3) is 0 Å². The zero-order valence-corrected chi connectivity index (χ0v) is 23.6. The molecule has 0 aliphatic rings. The number of allylic oxidation sites excluding steroid dienone is 1. The predicted octanol–water partition coefficient (Wildman–Crippen LogP) is 3.90. The fraction of sp³-hybridized carbons (Fsp3) is 0.609. The summed E-state index contributed by atoms with van der Waals surface area (Å²) in [5, 5.41) is 0. The van der Waals surface area contributed by atoms with E-state index in [-0.39, 0.29) is 25.1 Å². The molecule has 0 radical (unpaired) electrons. The molecular formula is C23H36N3O10P. The molecule has 1 heterocycles. The highest BCUT2D eigenvalue weighted by Gasteiger charge is 2.34. The molecule has 0 saturated carbocycles. The fourth-order valence-corrected chi connectivity index (χ4v) is 3.52. The van der Waals surface area contributed by atoms with Crippen molar-refractivity contribution in [1.29, 1.82) is 0 Å². The summed E-state index contributed by atoms with van der Waals surface area (Å²) in [5.74, 6) is -0.864. The molecule has 37 heavy (non-hydrogen) atoms. The molecule has 1 aromatic heterocycles. The van der Waals surface area contributed by atoms with Crippen molar-refractivity contribution < 1.29 is 42.2 Å². The average molecular weight is 546 g/mol. The van der Waals surface area contributed by atoms with Gasteiger partial charge in [0.05, 0.1) is 12.7 Å². The minimum atomic E-state index is -3.41. The number of rotatable bonds is 9. The highest BCUT2D eigenvalue weighted by Crippen LogP contribution is 2.46. The van der Waals surface area contributed by atoms with E-state index in [0.717, 1.165) is 4.57 Å². The second-order valence-electron chi connectivity index (χ2n) is 9.79. The molecule has 208 valence electrons. The van der Waals surface area contributed by atoms with Gasteiger partial charge in [0.1, 0.15) is 17.8 Å². The van der Waals surface area contributed by atoms with Crippen molar-refractivity contribution in [3.63, 3.8) is 0 Å². The van der Waals surface area contributed by atoms with Crippen LogP contribution in [0.4, 0.5) is 15.4 Å². The lowest BCUT2D eigenvalue weighted by atomic mass is 10.2. The van der Waals surface area contributed by atoms with Crippen LogP contribution < -0.4 is 10.6 Å². The monoisotopic (exact) mass is 545 g/mol. The highest BCUT2D eigenvalue weighted by atomic mass is 31.2. The van der Waals surface area contributed by atoms with Crippen molar-refractivity contribution in [2.75, 3.05) is 31.9 Å². The lowest BCUT2D eigenvalue weighted by molar-refractivity contribution is -0.140. The summed E-state index contributed by atoms with van der Waals surface area (Å²) in [6, 6.07) is 1.26. The number of anilines is 1. The molecule has 0 unspecified atom stereocenters. The van der Waals surface area contributed by atoms with E-state index in [9.17, 15) is 23.7 Å². The molecule has 0 N–H and O–H groups in total. The first-order chi connectivity index (χ1) is 16.9. The summed E-state index contributed by atoms with van der Waals surface area (Å²) in [6.07, 6.45) is 0.487. The maximum absolute atomic E-state index is 12.8. The third-order valence-electron chi connectivity index (χ3n) is 4.23. The average Bonchev–Trinajstić information content (AvgIpc) is 2.74. The third kappa shape index (κ3) is 11.3. The summed E-state index contributed by atoms with van der Waals surface area (Å²) in [4.78, 5) is 54.1. The summed E-state index contributed by atoms with van der Waals surface area (Å²) in [7, 11) is -0.938. The minimum Gasteiger partial charge on any atom is -0.461 e. The number of imide groups is 1. The molecule has 13 nitrogen and oxygen atoms in total. The van der Waals surface area contributed by atoms with Gasteiger partial charge in [-0.3, -0.25) is 13.9 Å². The molecule has 1 aromatic rings. The molecule has 0 saturated heterocycles. The molecule has 0 spiro atoms. The Morgan fingerprint density at radius 2 is 1.54 bits per heavy atom. The number of amides is 2. The van der Waals surface area contributed by atoms with Crippen molar-refractivity contribution in [1.82, 2.24) is 9.55 Å². The van der Waals surface area contributed by atoms with Gasteiger partial charge in [0.15, 0.2) is 5.82 Å². The van der Waals surface area contributed by atoms with Crippen LogP contribution in [-0.2, 0) is 39.2 Å². The Labute approximate surface area is 216 Å². The molecule has 0 aliphatic carbocycles. The summed E-state index contributed by atoms with van der Waals surface area (Å²) in [5.41, 5.74) is -2.30. The largest absolute Gasteiger partial charge is 0.461 e. The second-order valence-corrected chi connectivity index (χ2v) is 12.1. The number of esters is 1. The number of nitrogens with zero attached hydrogens (tertiary/aromatic N) is 3. The van der Waals surface area contributed by atoms with Crippen molar-refractivity contribution in [3.05, 3.63) is 34.4 Å². The van der Waals surface area contributed by atoms with Gasteiger partial charge in [-0.25, -0.2) is 14.4 Å². The van der Waals surface area contributed by atoms with E-state index in [2.05, 4.69) is 4.98 Å². The quantitative estimate of drug-likeness (QED) is 0.192. The molecule has 0 aliphatic heterocycles. The molecule has 14 heteroatoms. The normalized spacial score (nSPS) is 12.6. The SMILES string of the molecule is COP(=O)(C/C=C(\COC(C)=O)Cn1ccc(N(C(=O)OC(C)(C)C)C(=O)OC(C)(C)C)nc1=O)OC. The van der Waals surface area contributed by atoms with Crippen LogP contribution in [0.5, 0.6) is 0 Å². The molecule has 1 rings (SSSR count). The summed E-state index contributed by atoms with van der Waals surface area (Å²) in [6.45, 7) is 10.6. The molecular weight excluding hydrogens is 509 g/mol. The van der Waals surface area contributed by atoms with E-state index < -0.39 is 42.6 Å². The molecule has 0 bridgehead atoms. The first-order valence-electron chi connectivity index (χ1n) is 11.2. The van der Waals surface area contributed by atoms with Gasteiger partial charge in [0, 0.05) is 27.3 Å². The lowest BCUT2D eigenvalue weighted by Gasteiger charge is -2.28. The van der Waals surface area contributed by atoms with Gasteiger partial charge in [0.25, 0.3) is 0 Å². The molecule has 2 amide bonds. The first kappa shape index (κ1) is 32.0. The Morgan fingerprint density at radius 1 is 1.03 bits per heavy atom. The van der Waals surface area contributed by atoms with Crippen molar-refractivity contribution in [3.8, 4) is 0 Å². The van der Waals surface area contributed by atoms with Gasteiger partial charge < -0.3 is 23.3 Å². The van der Waals surface area contributed by atoms with Crippen LogP contribution in [0.2, 0.25) is 0 Å². The second kappa shape index (κ2) is 13.0. The van der Waals surface area contributed by atoms with Crippen LogP contribution in [-0.4, -0.2) is 65.9 Å². The van der Waals surface area contributed by atoms with Gasteiger partial charge in [0.2, 0.25) is 0 Å². The van der Waals surface area contributed by atoms with Gasteiger partial charge in [-0.1, -0.05) is 6.08 Å². The number of hydrogen-bond donors (Lipinski definition) is 0. The Hall–Kier alpha value is -3.02. The van der Waals surface area contributed by atoms with Gasteiger partial charge in [-0.2, -0.15) is 9.88 Å². The molecule has 0 fully saturated rings. The Balaban J connectivity index is 3.36. The number of ether oxygens (including phenoxy) is 3. The lowest BCUT2D eigenvalue weighted by Crippen LogP contribution is -2.45. The van der Waals surface area contributed by atoms with Crippen molar-refractivity contribution in [2.24, 2.45) is 0 Å². The third-order valence-corrected chi connectivity index (χ3v) is 5.98.